The van der Waals surface area contributed by atoms with E-state index in [9.17, 15) is 18.0 Å². The third-order valence-electron chi connectivity index (χ3n) is 3.53. The number of carbonyl (C=O) groups is 1. The molecule has 7 heteroatoms. The molecule has 1 aliphatic rings. The fourth-order valence-corrected chi connectivity index (χ4v) is 2.81. The molecular formula is C14H16BrF3N2O. The highest BCUT2D eigenvalue weighted by Gasteiger charge is 2.33. The Morgan fingerprint density at radius 1 is 1.43 bits per heavy atom. The maximum Gasteiger partial charge on any atom is 0.417 e. The number of alkyl halides is 3. The van der Waals surface area contributed by atoms with E-state index in [0.29, 0.717) is 12.5 Å². The van der Waals surface area contributed by atoms with Gasteiger partial charge in [0, 0.05) is 16.6 Å². The van der Waals surface area contributed by atoms with E-state index >= 15 is 0 Å². The molecule has 0 radical (unpaired) electrons. The first-order chi connectivity index (χ1) is 9.88. The Balaban J connectivity index is 1.95. The van der Waals surface area contributed by atoms with E-state index in [-0.39, 0.29) is 10.0 Å². The fraction of sp³-hybridized carbons (Fsp3) is 0.500. The van der Waals surface area contributed by atoms with E-state index in [4.69, 9.17) is 0 Å². The van der Waals surface area contributed by atoms with Crippen molar-refractivity contribution in [3.05, 3.63) is 33.8 Å². The lowest BCUT2D eigenvalue weighted by molar-refractivity contribution is -0.138. The van der Waals surface area contributed by atoms with E-state index in [2.05, 4.69) is 26.6 Å². The fourth-order valence-electron chi connectivity index (χ4n) is 2.34. The second-order valence-corrected chi connectivity index (χ2v) is 5.95. The van der Waals surface area contributed by atoms with E-state index < -0.39 is 17.6 Å². The smallest absolute Gasteiger partial charge is 0.352 e. The van der Waals surface area contributed by atoms with Crippen molar-refractivity contribution in [3.8, 4) is 0 Å². The van der Waals surface area contributed by atoms with Gasteiger partial charge in [-0.25, -0.2) is 0 Å². The lowest BCUT2D eigenvalue weighted by Crippen LogP contribution is -2.26. The average Bonchev–Trinajstić information content (AvgIpc) is 2.91. The molecule has 1 fully saturated rings. The molecule has 0 saturated carbocycles. The molecule has 1 atom stereocenters. The molecule has 0 aromatic heterocycles. The zero-order chi connectivity index (χ0) is 15.5. The molecule has 1 aromatic rings. The highest BCUT2D eigenvalue weighted by atomic mass is 79.9. The Morgan fingerprint density at radius 2 is 2.19 bits per heavy atom. The predicted octanol–water partition coefficient (Wildman–Crippen LogP) is 3.20. The molecule has 2 N–H and O–H groups in total. The Kier molecular flexibility index (Phi) is 5.27. The number of rotatable bonds is 4. The molecule has 0 bridgehead atoms. The van der Waals surface area contributed by atoms with Crippen molar-refractivity contribution in [1.82, 2.24) is 10.6 Å². The first-order valence-corrected chi connectivity index (χ1v) is 7.53. The number of hydrogen-bond acceptors (Lipinski definition) is 2. The molecule has 1 heterocycles. The van der Waals surface area contributed by atoms with Crippen molar-refractivity contribution in [3.63, 3.8) is 0 Å². The Hall–Kier alpha value is -1.08. The Bertz CT molecular complexity index is 513. The molecule has 0 aliphatic carbocycles. The van der Waals surface area contributed by atoms with Gasteiger partial charge in [0.25, 0.3) is 5.91 Å². The lowest BCUT2D eigenvalue weighted by atomic mass is 10.1. The molecule has 2 rings (SSSR count). The van der Waals surface area contributed by atoms with E-state index in [0.717, 1.165) is 32.0 Å². The third kappa shape index (κ3) is 4.44. The third-order valence-corrected chi connectivity index (χ3v) is 4.23. The monoisotopic (exact) mass is 364 g/mol. The summed E-state index contributed by atoms with van der Waals surface area (Å²) in [5, 5.41) is 5.90. The van der Waals surface area contributed by atoms with Crippen LogP contribution in [0.2, 0.25) is 0 Å². The number of nitrogens with one attached hydrogen (secondary N) is 2. The largest absolute Gasteiger partial charge is 0.417 e. The normalized spacial score (nSPS) is 18.8. The summed E-state index contributed by atoms with van der Waals surface area (Å²) in [6.07, 6.45) is -2.57. The minimum absolute atomic E-state index is 0.0232. The van der Waals surface area contributed by atoms with Gasteiger partial charge < -0.3 is 10.6 Å². The summed E-state index contributed by atoms with van der Waals surface area (Å²) >= 11 is 2.85. The molecule has 3 nitrogen and oxygen atoms in total. The second-order valence-electron chi connectivity index (χ2n) is 5.10. The van der Waals surface area contributed by atoms with Gasteiger partial charge in [-0.3, -0.25) is 4.79 Å². The minimum Gasteiger partial charge on any atom is -0.352 e. The minimum atomic E-state index is -4.48. The van der Waals surface area contributed by atoms with Crippen LogP contribution in [0.3, 0.4) is 0 Å². The van der Waals surface area contributed by atoms with Crippen LogP contribution in [-0.2, 0) is 6.18 Å². The summed E-state index contributed by atoms with van der Waals surface area (Å²) in [5.41, 5.74) is -0.815. The maximum absolute atomic E-state index is 12.8. The van der Waals surface area contributed by atoms with Gasteiger partial charge in [0.1, 0.15) is 0 Å². The van der Waals surface area contributed by atoms with E-state index in [1.165, 1.54) is 12.1 Å². The summed E-state index contributed by atoms with van der Waals surface area (Å²) < 4.78 is 38.3. The lowest BCUT2D eigenvalue weighted by Gasteiger charge is -2.12. The van der Waals surface area contributed by atoms with Gasteiger partial charge in [-0.05, 0) is 50.0 Å². The predicted molar refractivity (Wildman–Crippen MR) is 77.1 cm³/mol. The summed E-state index contributed by atoms with van der Waals surface area (Å²) in [4.78, 5) is 11.9. The first-order valence-electron chi connectivity index (χ1n) is 6.73. The van der Waals surface area contributed by atoms with Crippen LogP contribution >= 0.6 is 15.9 Å². The molecule has 1 unspecified atom stereocenters. The van der Waals surface area contributed by atoms with Gasteiger partial charge in [-0.1, -0.05) is 15.9 Å². The molecule has 21 heavy (non-hydrogen) atoms. The van der Waals surface area contributed by atoms with Crippen molar-refractivity contribution in [2.24, 2.45) is 5.92 Å². The van der Waals surface area contributed by atoms with Crippen LogP contribution in [0.4, 0.5) is 13.2 Å². The SMILES string of the molecule is O=C(NCCC1CCNC1)c1ccc(Br)c(C(F)(F)F)c1. The molecule has 1 saturated heterocycles. The average molecular weight is 365 g/mol. The zero-order valence-electron chi connectivity index (χ0n) is 11.3. The molecular weight excluding hydrogens is 349 g/mol. The number of hydrogen-bond donors (Lipinski definition) is 2. The Morgan fingerprint density at radius 3 is 2.81 bits per heavy atom. The highest BCUT2D eigenvalue weighted by molar-refractivity contribution is 9.10. The number of carbonyl (C=O) groups excluding carboxylic acids is 1. The molecule has 1 aliphatic heterocycles. The second kappa shape index (κ2) is 6.79. The van der Waals surface area contributed by atoms with Crippen LogP contribution in [0.15, 0.2) is 22.7 Å². The zero-order valence-corrected chi connectivity index (χ0v) is 12.9. The van der Waals surface area contributed by atoms with Gasteiger partial charge in [0.05, 0.1) is 5.56 Å². The molecule has 1 amide bonds. The number of benzene rings is 1. The Labute approximate surface area is 129 Å². The number of halogens is 4. The van der Waals surface area contributed by atoms with Crippen molar-refractivity contribution in [1.29, 1.82) is 0 Å². The quantitative estimate of drug-likeness (QED) is 0.861. The van der Waals surface area contributed by atoms with E-state index in [1.54, 1.807) is 0 Å². The van der Waals surface area contributed by atoms with Crippen molar-refractivity contribution < 1.29 is 18.0 Å². The van der Waals surface area contributed by atoms with Crippen molar-refractivity contribution in [2.45, 2.75) is 19.0 Å². The van der Waals surface area contributed by atoms with Crippen LogP contribution in [0.1, 0.15) is 28.8 Å². The van der Waals surface area contributed by atoms with Crippen LogP contribution in [-0.4, -0.2) is 25.5 Å². The summed E-state index contributed by atoms with van der Waals surface area (Å²) in [6.45, 7) is 2.40. The summed E-state index contributed by atoms with van der Waals surface area (Å²) in [6, 6.07) is 3.50. The van der Waals surface area contributed by atoms with Crippen LogP contribution in [0, 0.1) is 5.92 Å². The van der Waals surface area contributed by atoms with E-state index in [1.807, 2.05) is 0 Å². The van der Waals surface area contributed by atoms with Crippen molar-refractivity contribution >= 4 is 21.8 Å². The van der Waals surface area contributed by atoms with Crippen LogP contribution in [0.25, 0.3) is 0 Å². The first kappa shape index (κ1) is 16.3. The summed E-state index contributed by atoms with van der Waals surface area (Å²) in [7, 11) is 0. The molecule has 1 aromatic carbocycles. The van der Waals surface area contributed by atoms with Gasteiger partial charge in [-0.2, -0.15) is 13.2 Å². The van der Waals surface area contributed by atoms with Crippen LogP contribution in [0.5, 0.6) is 0 Å². The van der Waals surface area contributed by atoms with Gasteiger partial charge >= 0.3 is 6.18 Å². The van der Waals surface area contributed by atoms with Gasteiger partial charge in [-0.15, -0.1) is 0 Å². The summed E-state index contributed by atoms with van der Waals surface area (Å²) in [5.74, 6) is 0.0555. The van der Waals surface area contributed by atoms with Crippen molar-refractivity contribution in [2.75, 3.05) is 19.6 Å². The molecule has 116 valence electrons. The molecule has 0 spiro atoms. The van der Waals surface area contributed by atoms with Gasteiger partial charge in [0.15, 0.2) is 0 Å². The van der Waals surface area contributed by atoms with Crippen LogP contribution < -0.4 is 10.6 Å². The maximum atomic E-state index is 12.8. The highest BCUT2D eigenvalue weighted by Crippen LogP contribution is 2.35. The number of amides is 1. The van der Waals surface area contributed by atoms with Gasteiger partial charge in [0.2, 0.25) is 0 Å². The standard InChI is InChI=1S/C14H16BrF3N2O/c15-12-2-1-10(7-11(12)14(16,17)18)13(21)20-6-4-9-3-5-19-8-9/h1-2,7,9,19H,3-6,8H2,(H,20,21). The topological polar surface area (TPSA) is 41.1 Å².